The summed E-state index contributed by atoms with van der Waals surface area (Å²) >= 11 is 0. The quantitative estimate of drug-likeness (QED) is 0.816. The topological polar surface area (TPSA) is 49.5 Å². The normalized spacial score (nSPS) is 21.2. The van der Waals surface area contributed by atoms with Crippen LogP contribution in [0.5, 0.6) is 0 Å². The van der Waals surface area contributed by atoms with Crippen molar-refractivity contribution in [2.24, 2.45) is 11.7 Å². The van der Waals surface area contributed by atoms with Crippen LogP contribution in [0, 0.1) is 23.6 Å². The van der Waals surface area contributed by atoms with Crippen molar-refractivity contribution in [3.05, 3.63) is 35.1 Å². The Balaban J connectivity index is 1.91. The number of aliphatic hydroxyl groups is 1. The number of halogens is 1. The molecule has 20 heavy (non-hydrogen) atoms. The Morgan fingerprint density at radius 3 is 2.80 bits per heavy atom. The molecule has 0 unspecified atom stereocenters. The van der Waals surface area contributed by atoms with E-state index in [1.807, 2.05) is 13.1 Å². The highest BCUT2D eigenvalue weighted by Crippen LogP contribution is 2.28. The molecule has 4 heteroatoms. The molecule has 108 valence electrons. The zero-order valence-electron chi connectivity index (χ0n) is 11.8. The molecule has 0 atom stereocenters. The van der Waals surface area contributed by atoms with E-state index in [1.165, 1.54) is 6.07 Å². The van der Waals surface area contributed by atoms with Crippen molar-refractivity contribution >= 4 is 0 Å². The summed E-state index contributed by atoms with van der Waals surface area (Å²) in [7, 11) is 1.98. The number of hydrogen-bond donors (Lipinski definition) is 2. The van der Waals surface area contributed by atoms with E-state index in [1.54, 1.807) is 6.07 Å². The number of rotatable bonds is 4. The summed E-state index contributed by atoms with van der Waals surface area (Å²) in [5.41, 5.74) is 6.62. The van der Waals surface area contributed by atoms with Crippen LogP contribution in [0.3, 0.4) is 0 Å². The molecule has 1 aliphatic carbocycles. The molecule has 0 saturated heterocycles. The van der Waals surface area contributed by atoms with Gasteiger partial charge in [0.2, 0.25) is 0 Å². The van der Waals surface area contributed by atoms with Crippen molar-refractivity contribution in [3.63, 3.8) is 0 Å². The fourth-order valence-corrected chi connectivity index (χ4v) is 2.55. The van der Waals surface area contributed by atoms with Gasteiger partial charge < -0.3 is 15.7 Å². The van der Waals surface area contributed by atoms with Gasteiger partial charge in [0.05, 0.1) is 12.6 Å². The molecule has 0 amide bonds. The van der Waals surface area contributed by atoms with Gasteiger partial charge in [-0.1, -0.05) is 17.9 Å². The zero-order chi connectivity index (χ0) is 14.5. The number of aliphatic hydroxyl groups excluding tert-OH is 1. The molecule has 1 fully saturated rings. The fraction of sp³-hybridized carbons (Fsp3) is 0.500. The Labute approximate surface area is 119 Å². The van der Waals surface area contributed by atoms with E-state index in [0.717, 1.165) is 19.4 Å². The molecule has 1 aromatic carbocycles. The van der Waals surface area contributed by atoms with E-state index in [0.29, 0.717) is 23.6 Å². The van der Waals surface area contributed by atoms with Crippen molar-refractivity contribution in [2.75, 3.05) is 20.1 Å². The molecule has 1 aromatic rings. The first-order valence-corrected chi connectivity index (χ1v) is 6.92. The second-order valence-corrected chi connectivity index (χ2v) is 5.50. The number of hydrogen-bond acceptors (Lipinski definition) is 3. The lowest BCUT2D eigenvalue weighted by molar-refractivity contribution is 0.0272. The maximum absolute atomic E-state index is 14.0. The third kappa shape index (κ3) is 4.04. The van der Waals surface area contributed by atoms with E-state index in [-0.39, 0.29) is 18.5 Å². The summed E-state index contributed by atoms with van der Waals surface area (Å²) in [6.07, 6.45) is 1.59. The first-order valence-electron chi connectivity index (χ1n) is 6.92. The third-order valence-electron chi connectivity index (χ3n) is 3.61. The van der Waals surface area contributed by atoms with E-state index in [4.69, 9.17) is 5.73 Å². The number of nitrogens with two attached hydrogens (primary N) is 1. The first-order chi connectivity index (χ1) is 9.58. The Bertz CT molecular complexity index is 515. The molecule has 0 spiro atoms. The minimum atomic E-state index is -0.227. The highest BCUT2D eigenvalue weighted by atomic mass is 19.1. The van der Waals surface area contributed by atoms with Crippen LogP contribution in [0.1, 0.15) is 24.0 Å². The number of nitrogens with zero attached hydrogens (tertiary/aromatic N) is 1. The summed E-state index contributed by atoms with van der Waals surface area (Å²) in [6, 6.07) is 5.06. The fourth-order valence-electron chi connectivity index (χ4n) is 2.55. The summed E-state index contributed by atoms with van der Waals surface area (Å²) in [4.78, 5) is 2.10. The first kappa shape index (κ1) is 15.0. The second-order valence-electron chi connectivity index (χ2n) is 5.50. The van der Waals surface area contributed by atoms with Crippen LogP contribution in [-0.4, -0.2) is 36.2 Å². The average molecular weight is 276 g/mol. The highest BCUT2D eigenvalue weighted by Gasteiger charge is 2.27. The van der Waals surface area contributed by atoms with Crippen LogP contribution < -0.4 is 5.73 Å². The lowest BCUT2D eigenvalue weighted by Crippen LogP contribution is -2.36. The van der Waals surface area contributed by atoms with Crippen LogP contribution >= 0.6 is 0 Å². The molecule has 3 N–H and O–H groups in total. The van der Waals surface area contributed by atoms with Crippen molar-refractivity contribution in [1.29, 1.82) is 0 Å². The largest absolute Gasteiger partial charge is 0.393 e. The maximum Gasteiger partial charge on any atom is 0.128 e. The summed E-state index contributed by atoms with van der Waals surface area (Å²) < 4.78 is 14.0. The van der Waals surface area contributed by atoms with E-state index in [9.17, 15) is 9.50 Å². The molecule has 3 nitrogen and oxygen atoms in total. The smallest absolute Gasteiger partial charge is 0.128 e. The second kappa shape index (κ2) is 6.85. The average Bonchev–Trinajstić information content (AvgIpc) is 2.37. The molecule has 1 saturated carbocycles. The molecule has 0 aromatic heterocycles. The SMILES string of the molecule is CN(Cc1ccc(C#CCN)cc1F)CC1CC(O)C1. The molecule has 0 radical (unpaired) electrons. The standard InChI is InChI=1S/C16H21FN2O/c1-19(10-13-7-15(20)8-13)11-14-5-4-12(3-2-6-18)9-16(14)17/h4-5,9,13,15,20H,6-8,10-11,18H2,1H3. The van der Waals surface area contributed by atoms with E-state index >= 15 is 0 Å². The van der Waals surface area contributed by atoms with Gasteiger partial charge in [-0.25, -0.2) is 4.39 Å². The van der Waals surface area contributed by atoms with Crippen molar-refractivity contribution in [1.82, 2.24) is 4.90 Å². The van der Waals surface area contributed by atoms with Crippen molar-refractivity contribution < 1.29 is 9.50 Å². The number of benzene rings is 1. The van der Waals surface area contributed by atoms with Gasteiger partial charge in [0.25, 0.3) is 0 Å². The van der Waals surface area contributed by atoms with Gasteiger partial charge in [0, 0.05) is 24.2 Å². The van der Waals surface area contributed by atoms with Crippen LogP contribution in [0.25, 0.3) is 0 Å². The van der Waals surface area contributed by atoms with Gasteiger partial charge in [-0.2, -0.15) is 0 Å². The van der Waals surface area contributed by atoms with E-state index in [2.05, 4.69) is 16.7 Å². The predicted octanol–water partition coefficient (Wildman–Crippen LogP) is 1.34. The van der Waals surface area contributed by atoms with Gasteiger partial charge in [0.1, 0.15) is 5.82 Å². The van der Waals surface area contributed by atoms with E-state index < -0.39 is 0 Å². The molecule has 0 heterocycles. The van der Waals surface area contributed by atoms with Crippen LogP contribution in [-0.2, 0) is 6.54 Å². The molecular weight excluding hydrogens is 255 g/mol. The highest BCUT2D eigenvalue weighted by molar-refractivity contribution is 5.37. The van der Waals surface area contributed by atoms with Crippen molar-refractivity contribution in [2.45, 2.75) is 25.5 Å². The molecule has 1 aliphatic rings. The Hall–Kier alpha value is -1.41. The Morgan fingerprint density at radius 2 is 2.20 bits per heavy atom. The maximum atomic E-state index is 14.0. The minimum absolute atomic E-state index is 0.134. The third-order valence-corrected chi connectivity index (χ3v) is 3.61. The predicted molar refractivity (Wildman–Crippen MR) is 77.4 cm³/mol. The zero-order valence-corrected chi connectivity index (χ0v) is 11.8. The molecule has 2 rings (SSSR count). The van der Waals surface area contributed by atoms with Gasteiger partial charge in [0.15, 0.2) is 0 Å². The van der Waals surface area contributed by atoms with Crippen LogP contribution in [0.4, 0.5) is 4.39 Å². The summed E-state index contributed by atoms with van der Waals surface area (Å²) in [6.45, 7) is 1.74. The molecular formula is C16H21FN2O. The van der Waals surface area contributed by atoms with Crippen LogP contribution in [0.15, 0.2) is 18.2 Å². The molecule has 0 aliphatic heterocycles. The Kier molecular flexibility index (Phi) is 5.13. The van der Waals surface area contributed by atoms with Gasteiger partial charge in [-0.05, 0) is 37.9 Å². The Morgan fingerprint density at radius 1 is 1.45 bits per heavy atom. The van der Waals surface area contributed by atoms with Crippen molar-refractivity contribution in [3.8, 4) is 11.8 Å². The van der Waals surface area contributed by atoms with Gasteiger partial charge in [-0.3, -0.25) is 0 Å². The van der Waals surface area contributed by atoms with Gasteiger partial charge >= 0.3 is 0 Å². The van der Waals surface area contributed by atoms with Crippen LogP contribution in [0.2, 0.25) is 0 Å². The molecule has 0 bridgehead atoms. The lowest BCUT2D eigenvalue weighted by atomic mass is 9.82. The monoisotopic (exact) mass is 276 g/mol. The minimum Gasteiger partial charge on any atom is -0.393 e. The van der Waals surface area contributed by atoms with Gasteiger partial charge in [-0.15, -0.1) is 0 Å². The summed E-state index contributed by atoms with van der Waals surface area (Å²) in [5.74, 6) is 5.85. The lowest BCUT2D eigenvalue weighted by Gasteiger charge is -2.34. The summed E-state index contributed by atoms with van der Waals surface area (Å²) in [5, 5.41) is 9.27.